The summed E-state index contributed by atoms with van der Waals surface area (Å²) in [6.45, 7) is 2.02. The van der Waals surface area contributed by atoms with Gasteiger partial charge in [0.15, 0.2) is 5.79 Å². The van der Waals surface area contributed by atoms with Crippen LogP contribution in [0, 0.1) is 6.92 Å². The van der Waals surface area contributed by atoms with Crippen molar-refractivity contribution in [2.45, 2.75) is 5.79 Å². The van der Waals surface area contributed by atoms with Crippen LogP contribution in [0.25, 0.3) is 0 Å². The molecule has 0 aliphatic rings. The largest absolute Gasteiger partial charge is 0.391 e. The van der Waals surface area contributed by atoms with Crippen molar-refractivity contribution in [3.8, 4) is 0 Å². The molecule has 3 N–H and O–H groups in total. The minimum atomic E-state index is -2.15. The molecule has 6 heavy (non-hydrogen) atoms. The summed E-state index contributed by atoms with van der Waals surface area (Å²) in [6, 6.07) is 0. The van der Waals surface area contributed by atoms with Crippen LogP contribution in [-0.4, -0.2) is 27.7 Å². The topological polar surface area (TPSA) is 60.7 Å². The third-order valence-corrected chi connectivity index (χ3v) is 0.253. The molecule has 0 aromatic heterocycles. The molecule has 0 bridgehead atoms. The average molecular weight is 91.1 g/mol. The molecule has 0 rings (SSSR count). The zero-order chi connectivity index (χ0) is 5.21. The maximum Gasteiger partial charge on any atom is 0.186 e. The van der Waals surface area contributed by atoms with Crippen molar-refractivity contribution < 1.29 is 15.3 Å². The van der Waals surface area contributed by atoms with Gasteiger partial charge < -0.3 is 15.3 Å². The van der Waals surface area contributed by atoms with E-state index in [0.717, 1.165) is 0 Å². The van der Waals surface area contributed by atoms with Crippen LogP contribution in [-0.2, 0) is 0 Å². The zero-order valence-corrected chi connectivity index (χ0v) is 3.26. The maximum atomic E-state index is 8.02. The van der Waals surface area contributed by atoms with Crippen molar-refractivity contribution in [3.05, 3.63) is 6.92 Å². The van der Waals surface area contributed by atoms with Crippen LogP contribution >= 0.6 is 0 Å². The summed E-state index contributed by atoms with van der Waals surface area (Å²) in [4.78, 5) is 0. The lowest BCUT2D eigenvalue weighted by atomic mass is 10.4. The van der Waals surface area contributed by atoms with Crippen LogP contribution in [0.2, 0.25) is 0 Å². The molecule has 0 unspecified atom stereocenters. The van der Waals surface area contributed by atoms with Gasteiger partial charge >= 0.3 is 0 Å². The Labute approximate surface area is 35.9 Å². The fraction of sp³-hybridized carbons (Fsp3) is 0.667. The summed E-state index contributed by atoms with van der Waals surface area (Å²) in [5.41, 5.74) is 0. The van der Waals surface area contributed by atoms with Gasteiger partial charge in [0.05, 0.1) is 6.61 Å². The van der Waals surface area contributed by atoms with Crippen LogP contribution in [0.5, 0.6) is 0 Å². The highest BCUT2D eigenvalue weighted by Gasteiger charge is 2.10. The SMILES string of the molecule is [CH2]C(O)(O)CO. The van der Waals surface area contributed by atoms with E-state index in [1.807, 2.05) is 0 Å². The lowest BCUT2D eigenvalue weighted by molar-refractivity contribution is -0.149. The molecule has 0 heterocycles. The lowest BCUT2D eigenvalue weighted by Gasteiger charge is -2.08. The molecule has 3 heteroatoms. The van der Waals surface area contributed by atoms with Gasteiger partial charge in [0.1, 0.15) is 0 Å². The van der Waals surface area contributed by atoms with E-state index in [4.69, 9.17) is 15.3 Å². The van der Waals surface area contributed by atoms with E-state index in [1.165, 1.54) is 0 Å². The van der Waals surface area contributed by atoms with Crippen molar-refractivity contribution in [2.75, 3.05) is 6.61 Å². The predicted molar refractivity (Wildman–Crippen MR) is 19.6 cm³/mol. The molecule has 37 valence electrons. The van der Waals surface area contributed by atoms with Gasteiger partial charge in [-0.05, 0) is 0 Å². The smallest absolute Gasteiger partial charge is 0.186 e. The minimum absolute atomic E-state index is 0.729. The van der Waals surface area contributed by atoms with E-state index < -0.39 is 12.4 Å². The van der Waals surface area contributed by atoms with Crippen LogP contribution in [0.3, 0.4) is 0 Å². The first-order valence-corrected chi connectivity index (χ1v) is 1.47. The van der Waals surface area contributed by atoms with E-state index in [1.54, 1.807) is 0 Å². The first-order chi connectivity index (χ1) is 2.56. The summed E-state index contributed by atoms with van der Waals surface area (Å²) < 4.78 is 0. The quantitative estimate of drug-likeness (QED) is 0.344. The normalized spacial score (nSPS) is 12.0. The summed E-state index contributed by atoms with van der Waals surface area (Å²) in [5.74, 6) is -2.15. The summed E-state index contributed by atoms with van der Waals surface area (Å²) in [6.07, 6.45) is 0. The Hall–Kier alpha value is -0.120. The standard InChI is InChI=1S/C3H7O3/c1-3(5,6)2-4/h4-6H,1-2H2. The van der Waals surface area contributed by atoms with E-state index in [2.05, 4.69) is 6.92 Å². The van der Waals surface area contributed by atoms with Gasteiger partial charge in [0.2, 0.25) is 0 Å². The Morgan fingerprint density at radius 3 is 1.67 bits per heavy atom. The summed E-state index contributed by atoms with van der Waals surface area (Å²) >= 11 is 0. The molecule has 0 amide bonds. The molecule has 0 aromatic rings. The van der Waals surface area contributed by atoms with Crippen molar-refractivity contribution in [2.24, 2.45) is 0 Å². The van der Waals surface area contributed by atoms with Gasteiger partial charge in [-0.15, -0.1) is 0 Å². The average Bonchev–Trinajstić information content (AvgIpc) is 1.35. The number of aliphatic hydroxyl groups is 3. The number of hydrogen-bond acceptors (Lipinski definition) is 3. The van der Waals surface area contributed by atoms with Gasteiger partial charge in [0, 0.05) is 6.92 Å². The maximum absolute atomic E-state index is 8.02. The van der Waals surface area contributed by atoms with Crippen molar-refractivity contribution in [1.29, 1.82) is 0 Å². The fourth-order valence-corrected chi connectivity index (χ4v) is 0. The van der Waals surface area contributed by atoms with E-state index in [9.17, 15) is 0 Å². The zero-order valence-electron chi connectivity index (χ0n) is 3.26. The number of rotatable bonds is 1. The molecule has 0 spiro atoms. The molecule has 0 saturated carbocycles. The Morgan fingerprint density at radius 2 is 1.67 bits per heavy atom. The molecular weight excluding hydrogens is 84.0 g/mol. The van der Waals surface area contributed by atoms with Crippen LogP contribution in [0.4, 0.5) is 0 Å². The highest BCUT2D eigenvalue weighted by Crippen LogP contribution is 1.89. The van der Waals surface area contributed by atoms with E-state index >= 15 is 0 Å². The molecule has 0 aliphatic carbocycles. The Morgan fingerprint density at radius 1 is 1.50 bits per heavy atom. The number of aliphatic hydroxyl groups excluding tert-OH is 1. The Balaban J connectivity index is 3.17. The second-order valence-electron chi connectivity index (χ2n) is 1.14. The van der Waals surface area contributed by atoms with Gasteiger partial charge in [-0.2, -0.15) is 0 Å². The van der Waals surface area contributed by atoms with Crippen molar-refractivity contribution >= 4 is 0 Å². The van der Waals surface area contributed by atoms with Gasteiger partial charge in [-0.1, -0.05) is 0 Å². The molecule has 1 radical (unpaired) electrons. The molecule has 0 aliphatic heterocycles. The van der Waals surface area contributed by atoms with Crippen LogP contribution in [0.15, 0.2) is 0 Å². The molecule has 0 atom stereocenters. The number of hydrogen-bond donors (Lipinski definition) is 3. The summed E-state index contributed by atoms with van der Waals surface area (Å²) in [7, 11) is 0. The minimum Gasteiger partial charge on any atom is -0.391 e. The molecule has 0 fully saturated rings. The van der Waals surface area contributed by atoms with Gasteiger partial charge in [-0.3, -0.25) is 0 Å². The monoisotopic (exact) mass is 91.0 g/mol. The van der Waals surface area contributed by atoms with Crippen LogP contribution < -0.4 is 0 Å². The molecule has 0 aromatic carbocycles. The lowest BCUT2D eigenvalue weighted by Crippen LogP contribution is -2.27. The highest BCUT2D eigenvalue weighted by atomic mass is 16.5. The van der Waals surface area contributed by atoms with Crippen molar-refractivity contribution in [3.63, 3.8) is 0 Å². The third kappa shape index (κ3) is 3.88. The third-order valence-electron chi connectivity index (χ3n) is 0.253. The van der Waals surface area contributed by atoms with E-state index in [-0.39, 0.29) is 0 Å². The Kier molecular flexibility index (Phi) is 1.52. The predicted octanol–water partition coefficient (Wildman–Crippen LogP) is -1.51. The summed E-state index contributed by atoms with van der Waals surface area (Å²) in [5, 5.41) is 23.9. The first kappa shape index (κ1) is 5.88. The second kappa shape index (κ2) is 1.55. The van der Waals surface area contributed by atoms with Gasteiger partial charge in [0.25, 0.3) is 0 Å². The second-order valence-corrected chi connectivity index (χ2v) is 1.14. The molecule has 3 nitrogen and oxygen atoms in total. The van der Waals surface area contributed by atoms with Crippen LogP contribution in [0.1, 0.15) is 0 Å². The first-order valence-electron chi connectivity index (χ1n) is 1.47. The molecular formula is C3H7O3. The van der Waals surface area contributed by atoms with E-state index in [0.29, 0.717) is 0 Å². The highest BCUT2D eigenvalue weighted by molar-refractivity contribution is 4.62. The van der Waals surface area contributed by atoms with Gasteiger partial charge in [-0.25, -0.2) is 0 Å². The fourth-order valence-electron chi connectivity index (χ4n) is 0. The Bertz CT molecular complexity index is 35.8. The van der Waals surface area contributed by atoms with Crippen molar-refractivity contribution in [1.82, 2.24) is 0 Å². The molecule has 0 saturated heterocycles.